The van der Waals surface area contributed by atoms with Gasteiger partial charge in [-0.05, 0) is 42.3 Å². The lowest BCUT2D eigenvalue weighted by atomic mass is 10.2. The van der Waals surface area contributed by atoms with Gasteiger partial charge in [0.15, 0.2) is 0 Å². The molecule has 0 unspecified atom stereocenters. The Morgan fingerprint density at radius 1 is 1.08 bits per heavy atom. The molecule has 0 aromatic heterocycles. The van der Waals surface area contributed by atoms with Gasteiger partial charge < -0.3 is 5.32 Å². The molecule has 0 aliphatic carbocycles. The number of hydrogen-bond acceptors (Lipinski definition) is 3. The molecule has 0 atom stereocenters. The molecular weight excluding hydrogens is 331 g/mol. The van der Waals surface area contributed by atoms with Gasteiger partial charge in [0.2, 0.25) is 10.0 Å². The highest BCUT2D eigenvalue weighted by atomic mass is 32.2. The van der Waals surface area contributed by atoms with Gasteiger partial charge in [-0.3, -0.25) is 4.79 Å². The fourth-order valence-electron chi connectivity index (χ4n) is 1.90. The lowest BCUT2D eigenvalue weighted by Crippen LogP contribution is -2.27. The SMILES string of the molecule is CC(C)CNS(=O)(=O)c1ccc(C(=O)Nc2ccccc2F)cc1. The second-order valence-corrected chi connectivity index (χ2v) is 7.47. The Hall–Kier alpha value is -2.25. The highest BCUT2D eigenvalue weighted by molar-refractivity contribution is 7.89. The molecule has 0 radical (unpaired) electrons. The summed E-state index contributed by atoms with van der Waals surface area (Å²) in [6.45, 7) is 4.13. The second-order valence-electron chi connectivity index (χ2n) is 5.70. The van der Waals surface area contributed by atoms with Crippen LogP contribution in [0.3, 0.4) is 0 Å². The summed E-state index contributed by atoms with van der Waals surface area (Å²) in [4.78, 5) is 12.2. The lowest BCUT2D eigenvalue weighted by molar-refractivity contribution is 0.102. The van der Waals surface area contributed by atoms with Crippen molar-refractivity contribution >= 4 is 21.6 Å². The first kappa shape index (κ1) is 18.1. The summed E-state index contributed by atoms with van der Waals surface area (Å²) in [5, 5.41) is 2.45. The zero-order valence-corrected chi connectivity index (χ0v) is 14.2. The molecule has 128 valence electrons. The Kier molecular flexibility index (Phi) is 5.69. The highest BCUT2D eigenvalue weighted by Crippen LogP contribution is 2.15. The predicted octanol–water partition coefficient (Wildman–Crippen LogP) is 3.01. The van der Waals surface area contributed by atoms with Crippen LogP contribution in [0.2, 0.25) is 0 Å². The van der Waals surface area contributed by atoms with Crippen LogP contribution in [-0.2, 0) is 10.0 Å². The molecule has 24 heavy (non-hydrogen) atoms. The van der Waals surface area contributed by atoms with Gasteiger partial charge in [0.05, 0.1) is 10.6 Å². The van der Waals surface area contributed by atoms with Crippen molar-refractivity contribution in [3.8, 4) is 0 Å². The predicted molar refractivity (Wildman–Crippen MR) is 90.8 cm³/mol. The number of carbonyl (C=O) groups excluding carboxylic acids is 1. The number of halogens is 1. The van der Waals surface area contributed by atoms with Crippen molar-refractivity contribution in [1.82, 2.24) is 4.72 Å². The van der Waals surface area contributed by atoms with Crippen molar-refractivity contribution in [2.24, 2.45) is 5.92 Å². The average molecular weight is 350 g/mol. The van der Waals surface area contributed by atoms with E-state index < -0.39 is 21.7 Å². The Morgan fingerprint density at radius 2 is 1.71 bits per heavy atom. The maximum atomic E-state index is 13.5. The molecule has 0 aliphatic heterocycles. The van der Waals surface area contributed by atoms with E-state index in [9.17, 15) is 17.6 Å². The van der Waals surface area contributed by atoms with Crippen molar-refractivity contribution in [2.75, 3.05) is 11.9 Å². The summed E-state index contributed by atoms with van der Waals surface area (Å²) in [5.41, 5.74) is 0.305. The van der Waals surface area contributed by atoms with Crippen LogP contribution >= 0.6 is 0 Å². The van der Waals surface area contributed by atoms with Crippen LogP contribution < -0.4 is 10.0 Å². The summed E-state index contributed by atoms with van der Waals surface area (Å²) in [6.07, 6.45) is 0. The molecule has 2 N–H and O–H groups in total. The van der Waals surface area contributed by atoms with Crippen LogP contribution in [0.4, 0.5) is 10.1 Å². The Labute approximate surface area is 141 Å². The van der Waals surface area contributed by atoms with Gasteiger partial charge in [-0.15, -0.1) is 0 Å². The third-order valence-corrected chi connectivity index (χ3v) is 4.67. The minimum Gasteiger partial charge on any atom is -0.319 e. The van der Waals surface area contributed by atoms with Crippen LogP contribution in [0, 0.1) is 11.7 Å². The highest BCUT2D eigenvalue weighted by Gasteiger charge is 2.15. The topological polar surface area (TPSA) is 75.3 Å². The zero-order valence-electron chi connectivity index (χ0n) is 13.4. The lowest BCUT2D eigenvalue weighted by Gasteiger charge is -2.10. The van der Waals surface area contributed by atoms with Crippen molar-refractivity contribution in [2.45, 2.75) is 18.7 Å². The fourth-order valence-corrected chi connectivity index (χ4v) is 3.12. The van der Waals surface area contributed by atoms with Crippen LogP contribution in [0.15, 0.2) is 53.4 Å². The maximum Gasteiger partial charge on any atom is 0.255 e. The number of benzene rings is 2. The summed E-state index contributed by atoms with van der Waals surface area (Å²) < 4.78 is 40.2. The molecule has 0 spiro atoms. The molecule has 0 saturated carbocycles. The Balaban J connectivity index is 2.11. The molecule has 7 heteroatoms. The second kappa shape index (κ2) is 7.55. The summed E-state index contributed by atoms with van der Waals surface area (Å²) >= 11 is 0. The van der Waals surface area contributed by atoms with Crippen molar-refractivity contribution in [3.63, 3.8) is 0 Å². The minimum absolute atomic E-state index is 0.0674. The molecule has 0 fully saturated rings. The average Bonchev–Trinajstić information content (AvgIpc) is 2.55. The molecule has 2 aromatic rings. The summed E-state index contributed by atoms with van der Waals surface area (Å²) in [6, 6.07) is 11.3. The van der Waals surface area contributed by atoms with Gasteiger partial charge in [0.1, 0.15) is 5.82 Å². The number of para-hydroxylation sites is 1. The fraction of sp³-hybridized carbons (Fsp3) is 0.235. The quantitative estimate of drug-likeness (QED) is 0.841. The molecule has 2 rings (SSSR count). The van der Waals surface area contributed by atoms with E-state index in [0.717, 1.165) is 0 Å². The Morgan fingerprint density at radius 3 is 2.29 bits per heavy atom. The number of sulfonamides is 1. The van der Waals surface area contributed by atoms with Crippen molar-refractivity contribution < 1.29 is 17.6 Å². The summed E-state index contributed by atoms with van der Waals surface area (Å²) in [7, 11) is -3.61. The van der Waals surface area contributed by atoms with Gasteiger partial charge in [0, 0.05) is 12.1 Å². The molecule has 0 aliphatic rings. The molecule has 5 nitrogen and oxygen atoms in total. The van der Waals surface area contributed by atoms with Gasteiger partial charge in [-0.2, -0.15) is 0 Å². The van der Waals surface area contributed by atoms with E-state index in [0.29, 0.717) is 6.54 Å². The number of amides is 1. The van der Waals surface area contributed by atoms with E-state index in [2.05, 4.69) is 10.0 Å². The molecule has 1 amide bonds. The number of rotatable bonds is 6. The maximum absolute atomic E-state index is 13.5. The first-order valence-electron chi connectivity index (χ1n) is 7.45. The van der Waals surface area contributed by atoms with Crippen LogP contribution in [0.25, 0.3) is 0 Å². The molecule has 0 heterocycles. The van der Waals surface area contributed by atoms with Crippen molar-refractivity contribution in [1.29, 1.82) is 0 Å². The largest absolute Gasteiger partial charge is 0.319 e. The number of carbonyl (C=O) groups is 1. The van der Waals surface area contributed by atoms with E-state index in [4.69, 9.17) is 0 Å². The zero-order chi connectivity index (χ0) is 17.7. The van der Waals surface area contributed by atoms with Gasteiger partial charge in [0.25, 0.3) is 5.91 Å². The third kappa shape index (κ3) is 4.62. The first-order valence-corrected chi connectivity index (χ1v) is 8.93. The normalized spacial score (nSPS) is 11.5. The standard InChI is InChI=1S/C17H19FN2O3S/c1-12(2)11-19-24(22,23)14-9-7-13(8-10-14)17(21)20-16-6-4-3-5-15(16)18/h3-10,12,19H,11H2,1-2H3,(H,20,21). The molecular formula is C17H19FN2O3S. The minimum atomic E-state index is -3.61. The van der Waals surface area contributed by atoms with E-state index in [-0.39, 0.29) is 22.1 Å². The van der Waals surface area contributed by atoms with E-state index in [1.54, 1.807) is 6.07 Å². The Bertz CT molecular complexity index is 818. The van der Waals surface area contributed by atoms with Gasteiger partial charge >= 0.3 is 0 Å². The molecule has 2 aromatic carbocycles. The van der Waals surface area contributed by atoms with Crippen molar-refractivity contribution in [3.05, 3.63) is 59.9 Å². The summed E-state index contributed by atoms with van der Waals surface area (Å²) in [5.74, 6) is -0.868. The molecule has 0 bridgehead atoms. The van der Waals surface area contributed by atoms with E-state index in [1.807, 2.05) is 13.8 Å². The van der Waals surface area contributed by atoms with E-state index in [1.165, 1.54) is 42.5 Å². The first-order chi connectivity index (χ1) is 11.3. The van der Waals surface area contributed by atoms with Gasteiger partial charge in [-0.1, -0.05) is 26.0 Å². The van der Waals surface area contributed by atoms with Crippen LogP contribution in [0.1, 0.15) is 24.2 Å². The monoisotopic (exact) mass is 350 g/mol. The molecule has 0 saturated heterocycles. The number of nitrogens with one attached hydrogen (secondary N) is 2. The third-order valence-electron chi connectivity index (χ3n) is 3.23. The smallest absolute Gasteiger partial charge is 0.255 e. The number of anilines is 1. The number of hydrogen-bond donors (Lipinski definition) is 2. The van der Waals surface area contributed by atoms with E-state index >= 15 is 0 Å². The van der Waals surface area contributed by atoms with Crippen LogP contribution in [-0.4, -0.2) is 20.9 Å². The van der Waals surface area contributed by atoms with Gasteiger partial charge in [-0.25, -0.2) is 17.5 Å². The van der Waals surface area contributed by atoms with Crippen LogP contribution in [0.5, 0.6) is 0 Å².